The summed E-state index contributed by atoms with van der Waals surface area (Å²) in [5.74, 6) is 1.01. The van der Waals surface area contributed by atoms with Crippen LogP contribution < -0.4 is 0 Å². The van der Waals surface area contributed by atoms with Crippen molar-refractivity contribution in [2.24, 2.45) is 12.5 Å². The smallest absolute Gasteiger partial charge is 0.309 e. The molecule has 0 aliphatic carbocycles. The first-order valence-corrected chi connectivity index (χ1v) is 6.55. The van der Waals surface area contributed by atoms with Crippen LogP contribution in [0.25, 0.3) is 0 Å². The van der Waals surface area contributed by atoms with E-state index in [1.54, 1.807) is 25.6 Å². The minimum atomic E-state index is -0.739. The van der Waals surface area contributed by atoms with E-state index in [1.165, 1.54) is 0 Å². The molecule has 96 valence electrons. The van der Waals surface area contributed by atoms with Crippen LogP contribution in [0, 0.1) is 12.3 Å². The highest BCUT2D eigenvalue weighted by molar-refractivity contribution is 7.99. The average Bonchev–Trinajstić information content (AvgIpc) is 2.55. The third-order valence-electron chi connectivity index (χ3n) is 2.81. The molecule has 0 fully saturated rings. The summed E-state index contributed by atoms with van der Waals surface area (Å²) in [4.78, 5) is 10.9. The zero-order valence-electron chi connectivity index (χ0n) is 10.7. The van der Waals surface area contributed by atoms with Crippen molar-refractivity contribution in [1.82, 2.24) is 14.8 Å². The third-order valence-corrected chi connectivity index (χ3v) is 3.92. The van der Waals surface area contributed by atoms with Crippen LogP contribution in [0.15, 0.2) is 5.16 Å². The topological polar surface area (TPSA) is 68.0 Å². The number of hydrogen-bond acceptors (Lipinski definition) is 4. The van der Waals surface area contributed by atoms with Crippen LogP contribution in [0.2, 0.25) is 0 Å². The molecule has 1 heterocycles. The molecule has 0 aliphatic heterocycles. The van der Waals surface area contributed by atoms with Gasteiger partial charge in [0.1, 0.15) is 5.82 Å². The van der Waals surface area contributed by atoms with Crippen molar-refractivity contribution in [3.8, 4) is 0 Å². The van der Waals surface area contributed by atoms with Crippen molar-refractivity contribution in [3.63, 3.8) is 0 Å². The van der Waals surface area contributed by atoms with Gasteiger partial charge in [0.15, 0.2) is 5.16 Å². The fraction of sp³-hybridized carbons (Fsp3) is 0.727. The first kappa shape index (κ1) is 14.0. The van der Waals surface area contributed by atoms with Gasteiger partial charge < -0.3 is 9.67 Å². The maximum absolute atomic E-state index is 10.9. The molecule has 1 rings (SSSR count). The van der Waals surface area contributed by atoms with Crippen LogP contribution in [0.4, 0.5) is 0 Å². The minimum absolute atomic E-state index is 0.642. The zero-order valence-corrected chi connectivity index (χ0v) is 11.5. The Hall–Kier alpha value is -1.04. The summed E-state index contributed by atoms with van der Waals surface area (Å²) in [7, 11) is 1.93. The molecule has 0 saturated heterocycles. The predicted molar refractivity (Wildman–Crippen MR) is 67.1 cm³/mol. The number of carboxylic acid groups (broad SMARTS) is 1. The van der Waals surface area contributed by atoms with E-state index in [-0.39, 0.29) is 0 Å². The number of carboxylic acids is 1. The molecule has 0 atom stereocenters. The average molecular weight is 257 g/mol. The van der Waals surface area contributed by atoms with E-state index in [4.69, 9.17) is 5.11 Å². The third kappa shape index (κ3) is 3.73. The van der Waals surface area contributed by atoms with E-state index in [0.717, 1.165) is 23.2 Å². The second-order valence-electron chi connectivity index (χ2n) is 4.73. The van der Waals surface area contributed by atoms with Crippen LogP contribution in [0.3, 0.4) is 0 Å². The Balaban J connectivity index is 2.34. The zero-order chi connectivity index (χ0) is 13.1. The van der Waals surface area contributed by atoms with E-state index in [2.05, 4.69) is 10.2 Å². The van der Waals surface area contributed by atoms with Gasteiger partial charge in [-0.3, -0.25) is 4.79 Å². The van der Waals surface area contributed by atoms with E-state index in [1.807, 2.05) is 18.5 Å². The number of hydrogen-bond donors (Lipinski definition) is 1. The summed E-state index contributed by atoms with van der Waals surface area (Å²) in [6, 6.07) is 0. The summed E-state index contributed by atoms with van der Waals surface area (Å²) < 4.78 is 1.94. The SMILES string of the molecule is Cc1nnc(SCCCC(C)(C)C(=O)O)n1C. The van der Waals surface area contributed by atoms with Crippen LogP contribution >= 0.6 is 11.8 Å². The fourth-order valence-corrected chi connectivity index (χ4v) is 2.19. The Morgan fingerprint density at radius 1 is 1.47 bits per heavy atom. The van der Waals surface area contributed by atoms with Crippen molar-refractivity contribution in [3.05, 3.63) is 5.82 Å². The van der Waals surface area contributed by atoms with Crippen molar-refractivity contribution >= 4 is 17.7 Å². The summed E-state index contributed by atoms with van der Waals surface area (Å²) in [5.41, 5.74) is -0.642. The molecule has 6 heteroatoms. The standard InChI is InChI=1S/C11H19N3O2S/c1-8-12-13-10(14(8)4)17-7-5-6-11(2,3)9(15)16/h5-7H2,1-4H3,(H,15,16). The number of carbonyl (C=O) groups is 1. The molecule has 1 aromatic rings. The van der Waals surface area contributed by atoms with Crippen molar-refractivity contribution < 1.29 is 9.90 Å². The normalized spacial score (nSPS) is 11.8. The van der Waals surface area contributed by atoms with Gasteiger partial charge in [0.25, 0.3) is 0 Å². The molecule has 17 heavy (non-hydrogen) atoms. The van der Waals surface area contributed by atoms with Crippen LogP contribution in [-0.4, -0.2) is 31.6 Å². The lowest BCUT2D eigenvalue weighted by Crippen LogP contribution is -2.23. The highest BCUT2D eigenvalue weighted by Gasteiger charge is 2.26. The number of aromatic nitrogens is 3. The predicted octanol–water partition coefficient (Wildman–Crippen LogP) is 2.11. The van der Waals surface area contributed by atoms with Crippen LogP contribution in [-0.2, 0) is 11.8 Å². The summed E-state index contributed by atoms with van der Waals surface area (Å²) in [6.07, 6.45) is 1.53. The van der Waals surface area contributed by atoms with Gasteiger partial charge in [-0.1, -0.05) is 11.8 Å². The maximum atomic E-state index is 10.9. The molecular weight excluding hydrogens is 238 g/mol. The lowest BCUT2D eigenvalue weighted by Gasteiger charge is -2.18. The number of aliphatic carboxylic acids is 1. The molecule has 1 aromatic heterocycles. The summed E-state index contributed by atoms with van der Waals surface area (Å²) >= 11 is 1.62. The first-order valence-electron chi connectivity index (χ1n) is 5.57. The molecule has 0 unspecified atom stereocenters. The molecule has 0 amide bonds. The van der Waals surface area contributed by atoms with Crippen molar-refractivity contribution in [2.45, 2.75) is 38.8 Å². The number of nitrogens with zero attached hydrogens (tertiary/aromatic N) is 3. The van der Waals surface area contributed by atoms with Gasteiger partial charge in [0.05, 0.1) is 5.41 Å². The van der Waals surface area contributed by atoms with E-state index in [9.17, 15) is 4.79 Å². The second-order valence-corrected chi connectivity index (χ2v) is 5.79. The highest BCUT2D eigenvalue weighted by Crippen LogP contribution is 2.25. The second kappa shape index (κ2) is 5.53. The van der Waals surface area contributed by atoms with Gasteiger partial charge in [-0.25, -0.2) is 0 Å². The molecule has 0 bridgehead atoms. The lowest BCUT2D eigenvalue weighted by molar-refractivity contribution is -0.147. The number of rotatable bonds is 6. The van der Waals surface area contributed by atoms with Crippen molar-refractivity contribution in [2.75, 3.05) is 5.75 Å². The van der Waals surface area contributed by atoms with Crippen LogP contribution in [0.5, 0.6) is 0 Å². The van der Waals surface area contributed by atoms with Gasteiger partial charge in [-0.05, 0) is 33.6 Å². The molecule has 1 N–H and O–H groups in total. The van der Waals surface area contributed by atoms with Crippen LogP contribution in [0.1, 0.15) is 32.5 Å². The number of aryl methyl sites for hydroxylation is 1. The summed E-state index contributed by atoms with van der Waals surface area (Å²) in [5, 5.41) is 17.9. The molecule has 0 radical (unpaired) electrons. The molecule has 0 saturated carbocycles. The summed E-state index contributed by atoms with van der Waals surface area (Å²) in [6.45, 7) is 5.42. The highest BCUT2D eigenvalue weighted by atomic mass is 32.2. The Morgan fingerprint density at radius 2 is 2.12 bits per heavy atom. The molecule has 0 aliphatic rings. The van der Waals surface area contributed by atoms with E-state index < -0.39 is 11.4 Å². The Kier molecular flexibility index (Phi) is 4.56. The van der Waals surface area contributed by atoms with Gasteiger partial charge in [0.2, 0.25) is 0 Å². The van der Waals surface area contributed by atoms with E-state index >= 15 is 0 Å². The fourth-order valence-electron chi connectivity index (χ4n) is 1.30. The Morgan fingerprint density at radius 3 is 2.59 bits per heavy atom. The lowest BCUT2D eigenvalue weighted by atomic mass is 9.88. The molecule has 0 spiro atoms. The Bertz CT molecular complexity index is 401. The molecule has 0 aromatic carbocycles. The van der Waals surface area contributed by atoms with E-state index in [0.29, 0.717) is 6.42 Å². The van der Waals surface area contributed by atoms with Gasteiger partial charge in [-0.2, -0.15) is 0 Å². The van der Waals surface area contributed by atoms with Gasteiger partial charge >= 0.3 is 5.97 Å². The number of thioether (sulfide) groups is 1. The first-order chi connectivity index (χ1) is 7.84. The minimum Gasteiger partial charge on any atom is -0.481 e. The quantitative estimate of drug-likeness (QED) is 0.624. The van der Waals surface area contributed by atoms with Gasteiger partial charge in [-0.15, -0.1) is 10.2 Å². The molecule has 5 nitrogen and oxygen atoms in total. The van der Waals surface area contributed by atoms with Crippen molar-refractivity contribution in [1.29, 1.82) is 0 Å². The monoisotopic (exact) mass is 257 g/mol. The maximum Gasteiger partial charge on any atom is 0.309 e. The Labute approximate surface area is 106 Å². The largest absolute Gasteiger partial charge is 0.481 e. The molecular formula is C11H19N3O2S. The van der Waals surface area contributed by atoms with Gasteiger partial charge in [0, 0.05) is 12.8 Å².